The Labute approximate surface area is 132 Å². The third-order valence-corrected chi connectivity index (χ3v) is 3.29. The van der Waals surface area contributed by atoms with Gasteiger partial charge >= 0.3 is 5.97 Å². The summed E-state index contributed by atoms with van der Waals surface area (Å²) in [6.07, 6.45) is 0.380. The number of hydrogen-bond acceptors (Lipinski definition) is 3. The molecule has 0 aliphatic rings. The second-order valence-corrected chi connectivity index (χ2v) is 6.16. The molecule has 0 unspecified atom stereocenters. The highest BCUT2D eigenvalue weighted by molar-refractivity contribution is 5.94. The van der Waals surface area contributed by atoms with Gasteiger partial charge in [0.2, 0.25) is 0 Å². The number of nitrogens with one attached hydrogen (secondary N) is 1. The minimum Gasteiger partial charge on any atom is -0.463 e. The van der Waals surface area contributed by atoms with E-state index in [-0.39, 0.29) is 11.3 Å². The third-order valence-electron chi connectivity index (χ3n) is 3.29. The van der Waals surface area contributed by atoms with Crippen molar-refractivity contribution in [2.45, 2.75) is 39.5 Å². The second-order valence-electron chi connectivity index (χ2n) is 6.16. The first kappa shape index (κ1) is 18.0. The van der Waals surface area contributed by atoms with Crippen LogP contribution in [0.4, 0.5) is 0 Å². The molecule has 0 bridgehead atoms. The topological polar surface area (TPSA) is 55.4 Å². The first-order valence-corrected chi connectivity index (χ1v) is 7.49. The van der Waals surface area contributed by atoms with Gasteiger partial charge in [-0.15, -0.1) is 0 Å². The molecular formula is C18H25NO3. The molecule has 0 aliphatic carbocycles. The van der Waals surface area contributed by atoms with Crippen LogP contribution in [0.1, 0.15) is 50.0 Å². The minimum absolute atomic E-state index is 0.0619. The van der Waals surface area contributed by atoms with Crippen LogP contribution in [0.25, 0.3) is 0 Å². The normalized spacial score (nSPS) is 10.9. The fourth-order valence-corrected chi connectivity index (χ4v) is 1.89. The highest BCUT2D eigenvalue weighted by atomic mass is 16.5. The van der Waals surface area contributed by atoms with Crippen molar-refractivity contribution in [3.63, 3.8) is 0 Å². The molecule has 4 nitrogen and oxygen atoms in total. The maximum absolute atomic E-state index is 12.0. The number of benzene rings is 1. The Morgan fingerprint density at radius 1 is 1.18 bits per heavy atom. The van der Waals surface area contributed by atoms with Gasteiger partial charge in [0.15, 0.2) is 0 Å². The summed E-state index contributed by atoms with van der Waals surface area (Å²) < 4.78 is 4.84. The zero-order chi connectivity index (χ0) is 16.8. The number of amides is 1. The van der Waals surface area contributed by atoms with Crippen molar-refractivity contribution in [3.05, 3.63) is 47.5 Å². The lowest BCUT2D eigenvalue weighted by Gasteiger charge is -2.19. The summed E-state index contributed by atoms with van der Waals surface area (Å²) >= 11 is 0. The van der Waals surface area contributed by atoms with E-state index in [2.05, 4.69) is 32.7 Å². The molecule has 0 radical (unpaired) electrons. The molecule has 0 atom stereocenters. The Hall–Kier alpha value is -2.10. The van der Waals surface area contributed by atoms with Crippen molar-refractivity contribution >= 4 is 11.9 Å². The Morgan fingerprint density at radius 3 is 2.27 bits per heavy atom. The minimum atomic E-state index is -0.411. The highest BCUT2D eigenvalue weighted by Gasteiger charge is 2.14. The smallest absolute Gasteiger partial charge is 0.333 e. The van der Waals surface area contributed by atoms with Gasteiger partial charge in [-0.25, -0.2) is 4.79 Å². The predicted octanol–water partition coefficient (Wildman–Crippen LogP) is 3.22. The lowest BCUT2D eigenvalue weighted by atomic mass is 9.87. The van der Waals surface area contributed by atoms with Crippen molar-refractivity contribution < 1.29 is 14.3 Å². The fourth-order valence-electron chi connectivity index (χ4n) is 1.89. The van der Waals surface area contributed by atoms with E-state index < -0.39 is 5.97 Å². The van der Waals surface area contributed by atoms with Gasteiger partial charge < -0.3 is 10.1 Å². The van der Waals surface area contributed by atoms with Gasteiger partial charge in [-0.3, -0.25) is 4.79 Å². The van der Waals surface area contributed by atoms with Gasteiger partial charge in [0.25, 0.3) is 5.91 Å². The molecule has 0 heterocycles. The van der Waals surface area contributed by atoms with E-state index in [4.69, 9.17) is 4.74 Å². The Kier molecular flexibility index (Phi) is 6.35. The van der Waals surface area contributed by atoms with Gasteiger partial charge in [-0.2, -0.15) is 0 Å². The maximum atomic E-state index is 12.0. The Bertz CT molecular complexity index is 538. The van der Waals surface area contributed by atoms with E-state index >= 15 is 0 Å². The Morgan fingerprint density at radius 2 is 1.77 bits per heavy atom. The maximum Gasteiger partial charge on any atom is 0.333 e. The molecule has 1 amide bonds. The zero-order valence-electron chi connectivity index (χ0n) is 13.9. The molecule has 22 heavy (non-hydrogen) atoms. The van der Waals surface area contributed by atoms with E-state index in [1.807, 2.05) is 24.3 Å². The molecule has 0 aliphatic heterocycles. The number of rotatable bonds is 6. The first-order valence-electron chi connectivity index (χ1n) is 7.49. The van der Waals surface area contributed by atoms with E-state index in [9.17, 15) is 9.59 Å². The van der Waals surface area contributed by atoms with Crippen LogP contribution < -0.4 is 5.32 Å². The summed E-state index contributed by atoms with van der Waals surface area (Å²) in [6, 6.07) is 7.56. The van der Waals surface area contributed by atoms with Crippen LogP contribution in [-0.2, 0) is 14.9 Å². The van der Waals surface area contributed by atoms with Crippen LogP contribution in [0.2, 0.25) is 0 Å². The average molecular weight is 303 g/mol. The summed E-state index contributed by atoms with van der Waals surface area (Å²) in [5, 5.41) is 2.78. The van der Waals surface area contributed by atoms with Gasteiger partial charge in [0.1, 0.15) is 0 Å². The number of hydrogen-bond donors (Lipinski definition) is 1. The molecule has 4 heteroatoms. The van der Waals surface area contributed by atoms with Crippen molar-refractivity contribution in [1.29, 1.82) is 0 Å². The van der Waals surface area contributed by atoms with Gasteiger partial charge in [0.05, 0.1) is 6.61 Å². The lowest BCUT2D eigenvalue weighted by molar-refractivity contribution is -0.138. The van der Waals surface area contributed by atoms with Crippen molar-refractivity contribution in [2.24, 2.45) is 0 Å². The summed E-state index contributed by atoms with van der Waals surface area (Å²) in [7, 11) is 0. The fraction of sp³-hybridized carbons (Fsp3) is 0.444. The van der Waals surface area contributed by atoms with Crippen molar-refractivity contribution in [1.82, 2.24) is 5.32 Å². The predicted molar refractivity (Wildman–Crippen MR) is 87.9 cm³/mol. The van der Waals surface area contributed by atoms with Crippen LogP contribution in [0.15, 0.2) is 36.4 Å². The van der Waals surface area contributed by atoms with Crippen molar-refractivity contribution in [3.8, 4) is 0 Å². The van der Waals surface area contributed by atoms with E-state index in [0.29, 0.717) is 30.7 Å². The molecule has 0 aromatic heterocycles. The quantitative estimate of drug-likeness (QED) is 0.648. The van der Waals surface area contributed by atoms with Gasteiger partial charge in [-0.1, -0.05) is 39.5 Å². The average Bonchev–Trinajstić information content (AvgIpc) is 2.46. The monoisotopic (exact) mass is 303 g/mol. The first-order chi connectivity index (χ1) is 10.3. The van der Waals surface area contributed by atoms with E-state index in [0.717, 1.165) is 0 Å². The number of carbonyl (C=O) groups excluding carboxylic acids is 2. The summed E-state index contributed by atoms with van der Waals surface area (Å²) in [6.45, 7) is 12.5. The molecule has 1 N–H and O–H groups in total. The summed E-state index contributed by atoms with van der Waals surface area (Å²) in [5.74, 6) is -0.566. The van der Waals surface area contributed by atoms with E-state index in [1.165, 1.54) is 5.56 Å². The standard InChI is InChI=1S/C18H25NO3/c1-6-22-17(21)13(2)11-12-19-16(20)14-7-9-15(10-8-14)18(3,4)5/h7-10H,2,6,11-12H2,1,3-5H3,(H,19,20). The van der Waals surface area contributed by atoms with Gasteiger partial charge in [0, 0.05) is 17.7 Å². The molecule has 1 aromatic carbocycles. The van der Waals surface area contributed by atoms with Crippen LogP contribution in [0.3, 0.4) is 0 Å². The SMILES string of the molecule is C=C(CCNC(=O)c1ccc(C(C)(C)C)cc1)C(=O)OCC. The highest BCUT2D eigenvalue weighted by Crippen LogP contribution is 2.22. The Balaban J connectivity index is 2.49. The summed E-state index contributed by atoms with van der Waals surface area (Å²) in [5.41, 5.74) is 2.21. The van der Waals surface area contributed by atoms with Crippen LogP contribution in [0.5, 0.6) is 0 Å². The van der Waals surface area contributed by atoms with Crippen molar-refractivity contribution in [2.75, 3.05) is 13.2 Å². The molecule has 1 rings (SSSR count). The molecule has 0 saturated carbocycles. The molecule has 120 valence electrons. The van der Waals surface area contributed by atoms with Gasteiger partial charge in [-0.05, 0) is 36.5 Å². The third kappa shape index (κ3) is 5.35. The number of esters is 1. The second kappa shape index (κ2) is 7.78. The molecule has 0 spiro atoms. The lowest BCUT2D eigenvalue weighted by Crippen LogP contribution is -2.25. The van der Waals surface area contributed by atoms with E-state index in [1.54, 1.807) is 6.92 Å². The van der Waals surface area contributed by atoms with Crippen LogP contribution >= 0.6 is 0 Å². The van der Waals surface area contributed by atoms with Crippen LogP contribution in [-0.4, -0.2) is 25.0 Å². The number of ether oxygens (including phenoxy) is 1. The molecule has 0 saturated heterocycles. The molecule has 1 aromatic rings. The molecule has 0 fully saturated rings. The number of carbonyl (C=O) groups is 2. The van der Waals surface area contributed by atoms with Crippen LogP contribution in [0, 0.1) is 0 Å². The largest absolute Gasteiger partial charge is 0.463 e. The zero-order valence-corrected chi connectivity index (χ0v) is 13.9. The molecular weight excluding hydrogens is 278 g/mol. The summed E-state index contributed by atoms with van der Waals surface area (Å²) in [4.78, 5) is 23.4.